The smallest absolute Gasteiger partial charge is 0.408 e. The van der Waals surface area contributed by atoms with Gasteiger partial charge in [0.1, 0.15) is 23.3 Å². The number of esters is 1. The van der Waals surface area contributed by atoms with E-state index in [-0.39, 0.29) is 17.6 Å². The van der Waals surface area contributed by atoms with E-state index in [1.807, 2.05) is 39.0 Å². The van der Waals surface area contributed by atoms with Crippen LogP contribution in [-0.2, 0) is 23.5 Å². The molecule has 0 aromatic heterocycles. The monoisotopic (exact) mass is 736 g/mol. The highest BCUT2D eigenvalue weighted by Crippen LogP contribution is 2.38. The number of benzene rings is 2. The van der Waals surface area contributed by atoms with Crippen LogP contribution in [0.2, 0.25) is 5.04 Å². The van der Waals surface area contributed by atoms with Crippen molar-refractivity contribution in [3.05, 3.63) is 72.3 Å². The molecule has 0 saturated carbocycles. The number of carbonyl (C=O) groups is 3. The summed E-state index contributed by atoms with van der Waals surface area (Å²) in [5.41, 5.74) is -0.613. The van der Waals surface area contributed by atoms with Gasteiger partial charge >= 0.3 is 12.1 Å². The molecular weight excluding hydrogens is 669 g/mol. The Labute approximate surface area is 316 Å². The molecule has 3 atom stereocenters. The molecule has 8 nitrogen and oxygen atoms in total. The third-order valence-electron chi connectivity index (χ3n) is 8.91. The van der Waals surface area contributed by atoms with Gasteiger partial charge in [-0.2, -0.15) is 0 Å². The summed E-state index contributed by atoms with van der Waals surface area (Å²) in [5, 5.41) is 7.99. The number of alkyl carbamates (subject to hydrolysis) is 1. The second-order valence-electron chi connectivity index (χ2n) is 17.3. The van der Waals surface area contributed by atoms with Crippen LogP contribution in [0.25, 0.3) is 0 Å². The zero-order chi connectivity index (χ0) is 39.3. The zero-order valence-corrected chi connectivity index (χ0v) is 35.4. The van der Waals surface area contributed by atoms with Gasteiger partial charge in [0.15, 0.2) is 0 Å². The molecule has 52 heavy (non-hydrogen) atoms. The van der Waals surface area contributed by atoms with Crippen molar-refractivity contribution in [3.8, 4) is 0 Å². The largest absolute Gasteiger partial charge is 0.458 e. The molecule has 290 valence electrons. The first-order valence-corrected chi connectivity index (χ1v) is 21.0. The molecule has 0 spiro atoms. The minimum absolute atomic E-state index is 0.0985. The molecule has 0 heterocycles. The van der Waals surface area contributed by atoms with Crippen LogP contribution in [0.15, 0.2) is 72.3 Å². The summed E-state index contributed by atoms with van der Waals surface area (Å²) in [4.78, 5) is 41.5. The van der Waals surface area contributed by atoms with Gasteiger partial charge in [0.05, 0.1) is 6.61 Å². The topological polar surface area (TPSA) is 103 Å². The van der Waals surface area contributed by atoms with Crippen LogP contribution in [-0.4, -0.2) is 56.2 Å². The molecule has 0 saturated heterocycles. The van der Waals surface area contributed by atoms with Gasteiger partial charge in [-0.25, -0.2) is 9.59 Å². The molecule has 9 heteroatoms. The predicted molar refractivity (Wildman–Crippen MR) is 215 cm³/mol. The molecule has 0 bridgehead atoms. The Hall–Kier alpha value is -3.43. The van der Waals surface area contributed by atoms with Gasteiger partial charge in [-0.1, -0.05) is 128 Å². The number of nitrogens with one attached hydrogen (secondary N) is 2. The molecule has 0 unspecified atom stereocenters. The van der Waals surface area contributed by atoms with E-state index in [9.17, 15) is 14.4 Å². The molecule has 0 aliphatic heterocycles. The van der Waals surface area contributed by atoms with Crippen LogP contribution in [0.1, 0.15) is 122 Å². The summed E-state index contributed by atoms with van der Waals surface area (Å²) in [5.74, 6) is -1.31. The normalized spacial score (nSPS) is 14.7. The van der Waals surface area contributed by atoms with Crippen molar-refractivity contribution >= 4 is 36.7 Å². The van der Waals surface area contributed by atoms with E-state index in [1.165, 1.54) is 0 Å². The van der Waals surface area contributed by atoms with Crippen molar-refractivity contribution in [3.63, 3.8) is 0 Å². The number of hydrogen-bond donors (Lipinski definition) is 2. The second-order valence-corrected chi connectivity index (χ2v) is 21.6. The lowest BCUT2D eigenvalue weighted by Crippen LogP contribution is -2.66. The highest BCUT2D eigenvalue weighted by molar-refractivity contribution is 6.99. The Bertz CT molecular complexity index is 1400. The van der Waals surface area contributed by atoms with Crippen LogP contribution >= 0.6 is 0 Å². The first-order valence-electron chi connectivity index (χ1n) is 19.1. The Morgan fingerprint density at radius 1 is 0.769 bits per heavy atom. The quantitative estimate of drug-likeness (QED) is 0.0732. The summed E-state index contributed by atoms with van der Waals surface area (Å²) in [6.45, 7) is 25.8. The third kappa shape index (κ3) is 13.5. The number of hydrogen-bond acceptors (Lipinski definition) is 6. The summed E-state index contributed by atoms with van der Waals surface area (Å²) < 4.78 is 18.8. The highest BCUT2D eigenvalue weighted by atomic mass is 28.4. The third-order valence-corrected chi connectivity index (χ3v) is 13.9. The molecule has 2 rings (SSSR count). The number of amides is 2. The number of carbonyl (C=O) groups excluding carboxylic acids is 3. The summed E-state index contributed by atoms with van der Waals surface area (Å²) in [6, 6.07) is 19.0. The van der Waals surface area contributed by atoms with E-state index >= 15 is 0 Å². The average molecular weight is 737 g/mol. The molecule has 2 N–H and O–H groups in total. The fourth-order valence-electron chi connectivity index (χ4n) is 6.64. The van der Waals surface area contributed by atoms with E-state index in [0.717, 1.165) is 35.2 Å². The number of rotatable bonds is 17. The molecule has 0 radical (unpaired) electrons. The maximum Gasteiger partial charge on any atom is 0.408 e. The van der Waals surface area contributed by atoms with Gasteiger partial charge < -0.3 is 24.5 Å². The Kier molecular flexibility index (Phi) is 16.8. The molecule has 0 aliphatic carbocycles. The highest BCUT2D eigenvalue weighted by Gasteiger charge is 2.50. The van der Waals surface area contributed by atoms with Crippen molar-refractivity contribution in [1.82, 2.24) is 10.6 Å². The van der Waals surface area contributed by atoms with Gasteiger partial charge in [0.2, 0.25) is 5.91 Å². The first-order chi connectivity index (χ1) is 24.1. The summed E-state index contributed by atoms with van der Waals surface area (Å²) in [7, 11) is -2.94. The molecule has 0 fully saturated rings. The average Bonchev–Trinajstić information content (AvgIpc) is 3.03. The Morgan fingerprint density at radius 3 is 1.71 bits per heavy atom. The zero-order valence-electron chi connectivity index (χ0n) is 34.4. The minimum Gasteiger partial charge on any atom is -0.458 e. The van der Waals surface area contributed by atoms with Crippen LogP contribution in [0, 0.1) is 11.8 Å². The van der Waals surface area contributed by atoms with Gasteiger partial charge in [0.25, 0.3) is 8.32 Å². The van der Waals surface area contributed by atoms with E-state index in [0.29, 0.717) is 12.8 Å². The number of unbranched alkanes of at least 4 members (excludes halogenated alkanes) is 2. The summed E-state index contributed by atoms with van der Waals surface area (Å²) >= 11 is 0. The molecule has 2 aromatic carbocycles. The van der Waals surface area contributed by atoms with Crippen molar-refractivity contribution in [2.45, 2.75) is 150 Å². The predicted octanol–water partition coefficient (Wildman–Crippen LogP) is 8.47. The SMILES string of the molecule is C/C=C(\CO[Si](c1ccccc1)(c1ccccc1)C(C)(C)C)[C@H](CCCCC)[C@@H](NC(=O)OC(C)(C)C)C(=O)N[C@@H](CC(C)C)C(=O)OC(C)(C)C. The van der Waals surface area contributed by atoms with Crippen molar-refractivity contribution in [1.29, 1.82) is 0 Å². The van der Waals surface area contributed by atoms with Crippen molar-refractivity contribution < 1.29 is 28.3 Å². The van der Waals surface area contributed by atoms with E-state index < -0.39 is 55.5 Å². The number of ether oxygens (including phenoxy) is 2. The van der Waals surface area contributed by atoms with E-state index in [1.54, 1.807) is 41.5 Å². The molecule has 2 aromatic rings. The second kappa shape index (κ2) is 19.6. The van der Waals surface area contributed by atoms with Crippen molar-refractivity contribution in [2.24, 2.45) is 11.8 Å². The molecule has 2 amide bonds. The lowest BCUT2D eigenvalue weighted by molar-refractivity contribution is -0.159. The Morgan fingerprint density at radius 2 is 1.29 bits per heavy atom. The van der Waals surface area contributed by atoms with Gasteiger partial charge in [-0.05, 0) is 88.2 Å². The van der Waals surface area contributed by atoms with Crippen LogP contribution in [0.3, 0.4) is 0 Å². The van der Waals surface area contributed by atoms with Gasteiger partial charge in [0, 0.05) is 5.92 Å². The molecular formula is C43H68N2O6Si. The van der Waals surface area contributed by atoms with Gasteiger partial charge in [-0.3, -0.25) is 4.79 Å². The Balaban J connectivity index is 2.70. The lowest BCUT2D eigenvalue weighted by atomic mass is 9.85. The standard InChI is InChI=1S/C43H68N2O6Si/c1-14-16-19-28-35(32(15-2)30-49-52(43(11,12)13,33-24-20-17-21-25-33)34-26-22-18-23-27-34)37(45-40(48)51-42(8,9)10)38(46)44-36(29-31(3)4)39(47)50-41(5,6)7/h15,17-18,20-27,31,35-37H,14,16,19,28-30H2,1-13H3,(H,44,46)(H,45,48)/b32-15+/t35-,36-,37+/m0/s1. The summed E-state index contributed by atoms with van der Waals surface area (Å²) in [6.07, 6.45) is 5.10. The fraction of sp³-hybridized carbons (Fsp3) is 0.605. The maximum absolute atomic E-state index is 14.6. The van der Waals surface area contributed by atoms with Crippen LogP contribution in [0.5, 0.6) is 0 Å². The number of allylic oxidation sites excluding steroid dienone is 1. The van der Waals surface area contributed by atoms with E-state index in [2.05, 4.69) is 86.9 Å². The lowest BCUT2D eigenvalue weighted by Gasteiger charge is -2.43. The van der Waals surface area contributed by atoms with E-state index in [4.69, 9.17) is 13.9 Å². The van der Waals surface area contributed by atoms with Gasteiger partial charge in [-0.15, -0.1) is 0 Å². The molecule has 0 aliphatic rings. The van der Waals surface area contributed by atoms with Crippen LogP contribution in [0.4, 0.5) is 4.79 Å². The van der Waals surface area contributed by atoms with Crippen LogP contribution < -0.4 is 21.0 Å². The van der Waals surface area contributed by atoms with Crippen molar-refractivity contribution in [2.75, 3.05) is 6.61 Å². The minimum atomic E-state index is -2.94. The maximum atomic E-state index is 14.6. The fourth-order valence-corrected chi connectivity index (χ4v) is 11.2. The first kappa shape index (κ1) is 44.7.